The molecular formula is C17H15NO2. The summed E-state index contributed by atoms with van der Waals surface area (Å²) in [6, 6.07) is 16.9. The first-order valence-electron chi connectivity index (χ1n) is 6.26. The lowest BCUT2D eigenvalue weighted by molar-refractivity contribution is 0.0601. The van der Waals surface area contributed by atoms with Crippen molar-refractivity contribution in [3.63, 3.8) is 0 Å². The number of para-hydroxylation sites is 1. The molecule has 0 saturated heterocycles. The zero-order valence-corrected chi connectivity index (χ0v) is 11.2. The largest absolute Gasteiger partial charge is 0.465 e. The molecule has 2 aromatic rings. The van der Waals surface area contributed by atoms with Gasteiger partial charge in [-0.15, -0.1) is 0 Å². The van der Waals surface area contributed by atoms with Crippen LogP contribution in [0.2, 0.25) is 0 Å². The Balaban J connectivity index is 1.91. The molecule has 3 heteroatoms. The second-order valence-electron chi connectivity index (χ2n) is 4.09. The van der Waals surface area contributed by atoms with E-state index in [1.165, 1.54) is 7.11 Å². The number of carbonyl (C=O) groups is 1. The van der Waals surface area contributed by atoms with Crippen LogP contribution in [0.15, 0.2) is 54.6 Å². The zero-order chi connectivity index (χ0) is 14.2. The molecule has 0 amide bonds. The lowest BCUT2D eigenvalue weighted by Gasteiger charge is -2.00. The molecule has 20 heavy (non-hydrogen) atoms. The summed E-state index contributed by atoms with van der Waals surface area (Å²) in [5, 5.41) is 3.21. The van der Waals surface area contributed by atoms with E-state index in [-0.39, 0.29) is 5.97 Å². The van der Waals surface area contributed by atoms with E-state index in [1.807, 2.05) is 42.5 Å². The first-order valence-corrected chi connectivity index (χ1v) is 6.26. The van der Waals surface area contributed by atoms with Gasteiger partial charge in [0.25, 0.3) is 0 Å². The van der Waals surface area contributed by atoms with Gasteiger partial charge >= 0.3 is 5.97 Å². The molecule has 0 bridgehead atoms. The minimum atomic E-state index is -0.338. The number of nitrogens with one attached hydrogen (secondary N) is 1. The molecule has 100 valence electrons. The van der Waals surface area contributed by atoms with E-state index >= 15 is 0 Å². The fourth-order valence-electron chi connectivity index (χ4n) is 1.66. The van der Waals surface area contributed by atoms with Gasteiger partial charge in [-0.3, -0.25) is 0 Å². The minimum absolute atomic E-state index is 0.338. The summed E-state index contributed by atoms with van der Waals surface area (Å²) < 4.78 is 4.64. The number of rotatable bonds is 3. The Labute approximate surface area is 118 Å². The first-order chi connectivity index (χ1) is 9.79. The van der Waals surface area contributed by atoms with Crippen LogP contribution in [-0.4, -0.2) is 19.6 Å². The first kappa shape index (κ1) is 13.7. The van der Waals surface area contributed by atoms with Crippen LogP contribution in [0.1, 0.15) is 15.9 Å². The second-order valence-corrected chi connectivity index (χ2v) is 4.09. The number of anilines is 1. The number of esters is 1. The van der Waals surface area contributed by atoms with Gasteiger partial charge in [0.2, 0.25) is 0 Å². The van der Waals surface area contributed by atoms with Gasteiger partial charge in [-0.25, -0.2) is 4.79 Å². The van der Waals surface area contributed by atoms with Crippen molar-refractivity contribution in [2.24, 2.45) is 0 Å². The molecule has 0 aliphatic heterocycles. The van der Waals surface area contributed by atoms with E-state index in [2.05, 4.69) is 21.9 Å². The van der Waals surface area contributed by atoms with Gasteiger partial charge in [-0.05, 0) is 36.4 Å². The standard InChI is InChI=1S/C17H15NO2/c1-20-17(19)15-11-9-14(10-12-15)6-5-13-18-16-7-3-2-4-8-16/h2-4,7-12,18H,13H2,1H3. The molecule has 0 aromatic heterocycles. The van der Waals surface area contributed by atoms with E-state index in [0.29, 0.717) is 12.1 Å². The summed E-state index contributed by atoms with van der Waals surface area (Å²) in [4.78, 5) is 11.3. The summed E-state index contributed by atoms with van der Waals surface area (Å²) in [5.41, 5.74) is 2.44. The van der Waals surface area contributed by atoms with E-state index in [1.54, 1.807) is 12.1 Å². The lowest BCUT2D eigenvalue weighted by Crippen LogP contribution is -2.00. The van der Waals surface area contributed by atoms with E-state index in [4.69, 9.17) is 0 Å². The van der Waals surface area contributed by atoms with Crippen LogP contribution in [0.25, 0.3) is 0 Å². The molecule has 0 aliphatic carbocycles. The smallest absolute Gasteiger partial charge is 0.337 e. The van der Waals surface area contributed by atoms with E-state index < -0.39 is 0 Å². The van der Waals surface area contributed by atoms with Gasteiger partial charge in [0.15, 0.2) is 0 Å². The maximum absolute atomic E-state index is 11.3. The molecule has 0 aliphatic rings. The van der Waals surface area contributed by atoms with Gasteiger partial charge in [-0.1, -0.05) is 30.0 Å². The van der Waals surface area contributed by atoms with Crippen LogP contribution < -0.4 is 5.32 Å². The quantitative estimate of drug-likeness (QED) is 0.685. The van der Waals surface area contributed by atoms with Crippen LogP contribution in [0.4, 0.5) is 5.69 Å². The molecule has 0 saturated carbocycles. The van der Waals surface area contributed by atoms with Gasteiger partial charge < -0.3 is 10.1 Å². The minimum Gasteiger partial charge on any atom is -0.465 e. The summed E-state index contributed by atoms with van der Waals surface area (Å²) in [6.07, 6.45) is 0. The highest BCUT2D eigenvalue weighted by molar-refractivity contribution is 5.89. The van der Waals surface area contributed by atoms with Crippen LogP contribution in [0.5, 0.6) is 0 Å². The maximum Gasteiger partial charge on any atom is 0.337 e. The van der Waals surface area contributed by atoms with Crippen molar-refractivity contribution < 1.29 is 9.53 Å². The van der Waals surface area contributed by atoms with Crippen LogP contribution in [-0.2, 0) is 4.74 Å². The van der Waals surface area contributed by atoms with Gasteiger partial charge in [-0.2, -0.15) is 0 Å². The Hall–Kier alpha value is -2.73. The molecule has 0 atom stereocenters. The number of hydrogen-bond donors (Lipinski definition) is 1. The molecule has 2 rings (SSSR count). The number of ether oxygens (including phenoxy) is 1. The highest BCUT2D eigenvalue weighted by atomic mass is 16.5. The summed E-state index contributed by atoms with van der Waals surface area (Å²) in [5.74, 6) is 5.73. The molecule has 1 N–H and O–H groups in total. The number of hydrogen-bond acceptors (Lipinski definition) is 3. The van der Waals surface area contributed by atoms with Crippen molar-refractivity contribution in [3.8, 4) is 11.8 Å². The fraction of sp³-hybridized carbons (Fsp3) is 0.118. The third kappa shape index (κ3) is 3.89. The number of methoxy groups -OCH3 is 1. The topological polar surface area (TPSA) is 38.3 Å². The highest BCUT2D eigenvalue weighted by Gasteiger charge is 2.02. The molecule has 0 heterocycles. The molecular weight excluding hydrogens is 250 g/mol. The van der Waals surface area contributed by atoms with Crippen molar-refractivity contribution in [2.75, 3.05) is 19.0 Å². The summed E-state index contributed by atoms with van der Waals surface area (Å²) in [7, 11) is 1.37. The summed E-state index contributed by atoms with van der Waals surface area (Å²) in [6.45, 7) is 0.572. The number of carbonyl (C=O) groups excluding carboxylic acids is 1. The normalized spacial score (nSPS) is 9.25. The molecule has 3 nitrogen and oxygen atoms in total. The molecule has 0 fully saturated rings. The molecule has 0 spiro atoms. The summed E-state index contributed by atoms with van der Waals surface area (Å²) >= 11 is 0. The SMILES string of the molecule is COC(=O)c1ccc(C#CCNc2ccccc2)cc1. The molecule has 0 unspecified atom stereocenters. The second kappa shape index (κ2) is 7.01. The highest BCUT2D eigenvalue weighted by Crippen LogP contribution is 2.05. The Morgan fingerprint density at radius 1 is 1.10 bits per heavy atom. The molecule has 2 aromatic carbocycles. The Morgan fingerprint density at radius 2 is 1.80 bits per heavy atom. The maximum atomic E-state index is 11.3. The van der Waals surface area contributed by atoms with Crippen molar-refractivity contribution in [1.29, 1.82) is 0 Å². The average Bonchev–Trinajstić information content (AvgIpc) is 2.52. The third-order valence-corrected chi connectivity index (χ3v) is 2.69. The predicted octanol–water partition coefficient (Wildman–Crippen LogP) is 2.94. The van der Waals surface area contributed by atoms with Crippen LogP contribution >= 0.6 is 0 Å². The Bertz CT molecular complexity index is 622. The lowest BCUT2D eigenvalue weighted by atomic mass is 10.1. The van der Waals surface area contributed by atoms with Gasteiger partial charge in [0.1, 0.15) is 0 Å². The van der Waals surface area contributed by atoms with Crippen molar-refractivity contribution >= 4 is 11.7 Å². The van der Waals surface area contributed by atoms with Crippen molar-refractivity contribution in [3.05, 3.63) is 65.7 Å². The molecule has 0 radical (unpaired) electrons. The van der Waals surface area contributed by atoms with Gasteiger partial charge in [0.05, 0.1) is 19.2 Å². The van der Waals surface area contributed by atoms with E-state index in [9.17, 15) is 4.79 Å². The van der Waals surface area contributed by atoms with Crippen molar-refractivity contribution in [1.82, 2.24) is 0 Å². The Kier molecular flexibility index (Phi) is 4.80. The van der Waals surface area contributed by atoms with E-state index in [0.717, 1.165) is 11.3 Å². The monoisotopic (exact) mass is 265 g/mol. The van der Waals surface area contributed by atoms with Crippen molar-refractivity contribution in [2.45, 2.75) is 0 Å². The predicted molar refractivity (Wildman–Crippen MR) is 79.6 cm³/mol. The zero-order valence-electron chi connectivity index (χ0n) is 11.2. The Morgan fingerprint density at radius 3 is 2.45 bits per heavy atom. The number of benzene rings is 2. The average molecular weight is 265 g/mol. The van der Waals surface area contributed by atoms with Gasteiger partial charge in [0, 0.05) is 11.3 Å². The van der Waals surface area contributed by atoms with Crippen LogP contribution in [0, 0.1) is 11.8 Å². The van der Waals surface area contributed by atoms with Crippen LogP contribution in [0.3, 0.4) is 0 Å². The third-order valence-electron chi connectivity index (χ3n) is 2.69. The fourth-order valence-corrected chi connectivity index (χ4v) is 1.66.